The Morgan fingerprint density at radius 1 is 1.14 bits per heavy atom. The molecule has 3 aromatic rings. The molecule has 0 radical (unpaired) electrons. The molecule has 3 rings (SSSR count). The lowest BCUT2D eigenvalue weighted by atomic mass is 10.1. The second kappa shape index (κ2) is 5.93. The third-order valence-electron chi connectivity index (χ3n) is 3.62. The summed E-state index contributed by atoms with van der Waals surface area (Å²) in [6.45, 7) is 2.39. The molecule has 0 saturated heterocycles. The Morgan fingerprint density at radius 2 is 1.81 bits per heavy atom. The van der Waals surface area contributed by atoms with Crippen molar-refractivity contribution < 1.29 is 4.79 Å². The lowest BCUT2D eigenvalue weighted by Gasteiger charge is -2.08. The van der Waals surface area contributed by atoms with Crippen LogP contribution in [0.25, 0.3) is 10.9 Å². The van der Waals surface area contributed by atoms with Crippen molar-refractivity contribution in [1.29, 1.82) is 0 Å². The van der Waals surface area contributed by atoms with Gasteiger partial charge < -0.3 is 4.57 Å². The fourth-order valence-electron chi connectivity index (χ4n) is 2.46. The molecule has 2 nitrogen and oxygen atoms in total. The van der Waals surface area contributed by atoms with Gasteiger partial charge in [0.15, 0.2) is 5.78 Å². The number of para-hydroxylation sites is 1. The Morgan fingerprint density at radius 3 is 2.52 bits per heavy atom. The number of carbonyl (C=O) groups is 1. The monoisotopic (exact) mass is 453 g/mol. The van der Waals surface area contributed by atoms with Gasteiger partial charge in [-0.1, -0.05) is 30.3 Å². The number of nitrogens with zero attached hydrogens (tertiary/aromatic N) is 1. The summed E-state index contributed by atoms with van der Waals surface area (Å²) in [7, 11) is 0. The smallest absolute Gasteiger partial charge is 0.182 e. The number of aromatic nitrogens is 1. The first kappa shape index (κ1) is 14.8. The number of fused-ring (bicyclic) bond motifs is 1. The highest BCUT2D eigenvalue weighted by molar-refractivity contribution is 14.1. The van der Waals surface area contributed by atoms with Gasteiger partial charge in [0.1, 0.15) is 0 Å². The predicted molar refractivity (Wildman–Crippen MR) is 97.9 cm³/mol. The minimum absolute atomic E-state index is 0.128. The molecule has 0 spiro atoms. The molecule has 0 aliphatic heterocycles. The molecule has 0 atom stereocenters. The minimum Gasteiger partial charge on any atom is -0.336 e. The number of Topliss-reactive ketones (excluding diaryl/α,β-unsaturated/α-hetero) is 1. The maximum Gasteiger partial charge on any atom is 0.182 e. The first-order chi connectivity index (χ1) is 10.1. The fraction of sp³-hybridized carbons (Fsp3) is 0.118. The van der Waals surface area contributed by atoms with Crippen molar-refractivity contribution in [2.75, 3.05) is 0 Å². The van der Waals surface area contributed by atoms with Crippen molar-refractivity contribution in [1.82, 2.24) is 4.57 Å². The number of halogens is 2. The van der Waals surface area contributed by atoms with Crippen molar-refractivity contribution in [2.45, 2.75) is 13.5 Å². The van der Waals surface area contributed by atoms with Gasteiger partial charge in [-0.25, -0.2) is 0 Å². The normalized spacial score (nSPS) is 11.0. The van der Waals surface area contributed by atoms with E-state index >= 15 is 0 Å². The van der Waals surface area contributed by atoms with Gasteiger partial charge in [0.05, 0.1) is 6.54 Å². The van der Waals surface area contributed by atoms with Gasteiger partial charge in [0.25, 0.3) is 0 Å². The van der Waals surface area contributed by atoms with E-state index in [2.05, 4.69) is 49.2 Å². The van der Waals surface area contributed by atoms with Crippen LogP contribution in [0, 0.1) is 10.5 Å². The summed E-state index contributed by atoms with van der Waals surface area (Å²) in [6.07, 6.45) is 0. The Balaban J connectivity index is 2.00. The number of hydrogen-bond acceptors (Lipinski definition) is 1. The van der Waals surface area contributed by atoms with Gasteiger partial charge >= 0.3 is 0 Å². The van der Waals surface area contributed by atoms with Gasteiger partial charge in [-0.3, -0.25) is 4.79 Å². The fourth-order valence-corrected chi connectivity index (χ4v) is 3.37. The molecule has 0 saturated carbocycles. The van der Waals surface area contributed by atoms with Crippen LogP contribution in [-0.2, 0) is 6.54 Å². The molecule has 1 heterocycles. The average Bonchev–Trinajstić information content (AvgIpc) is 2.73. The van der Waals surface area contributed by atoms with Crippen LogP contribution in [-0.4, -0.2) is 10.4 Å². The summed E-state index contributed by atoms with van der Waals surface area (Å²) in [4.78, 5) is 12.5. The van der Waals surface area contributed by atoms with Crippen LogP contribution in [0.1, 0.15) is 16.1 Å². The zero-order valence-corrected chi connectivity index (χ0v) is 15.2. The molecule has 106 valence electrons. The SMILES string of the molecule is Cc1c(Br)c2ccccc2n1CC(=O)c1ccc(I)cc1. The summed E-state index contributed by atoms with van der Waals surface area (Å²) in [5, 5.41) is 1.14. The molecular weight excluding hydrogens is 441 g/mol. The molecule has 2 aromatic carbocycles. The van der Waals surface area contributed by atoms with E-state index in [0.29, 0.717) is 6.54 Å². The summed E-state index contributed by atoms with van der Waals surface area (Å²) < 4.78 is 4.27. The van der Waals surface area contributed by atoms with E-state index in [4.69, 9.17) is 0 Å². The lowest BCUT2D eigenvalue weighted by molar-refractivity contribution is 0.0973. The second-order valence-corrected chi connectivity index (χ2v) is 6.97. The van der Waals surface area contributed by atoms with Crippen molar-refractivity contribution in [3.05, 3.63) is 67.8 Å². The predicted octanol–water partition coefficient (Wildman–Crippen LogP) is 5.20. The molecule has 0 aliphatic rings. The molecule has 21 heavy (non-hydrogen) atoms. The maximum atomic E-state index is 12.5. The van der Waals surface area contributed by atoms with Gasteiger partial charge in [0.2, 0.25) is 0 Å². The van der Waals surface area contributed by atoms with Crippen LogP contribution < -0.4 is 0 Å². The zero-order valence-electron chi connectivity index (χ0n) is 11.4. The van der Waals surface area contributed by atoms with Crippen LogP contribution in [0.3, 0.4) is 0 Å². The van der Waals surface area contributed by atoms with Crippen LogP contribution in [0.15, 0.2) is 53.0 Å². The van der Waals surface area contributed by atoms with Crippen molar-refractivity contribution in [3.8, 4) is 0 Å². The van der Waals surface area contributed by atoms with Crippen molar-refractivity contribution in [3.63, 3.8) is 0 Å². The topological polar surface area (TPSA) is 22.0 Å². The summed E-state index contributed by atoms with van der Waals surface area (Å²) >= 11 is 5.87. The second-order valence-electron chi connectivity index (χ2n) is 4.93. The molecule has 4 heteroatoms. The van der Waals surface area contributed by atoms with Crippen LogP contribution >= 0.6 is 38.5 Å². The first-order valence-electron chi connectivity index (χ1n) is 6.60. The Hall–Kier alpha value is -1.14. The number of rotatable bonds is 3. The standard InChI is InChI=1S/C17H13BrINO/c1-11-17(18)14-4-2-3-5-15(14)20(11)10-16(21)12-6-8-13(19)9-7-12/h2-9H,10H2,1H3. The summed E-state index contributed by atoms with van der Waals surface area (Å²) in [5.74, 6) is 0.128. The number of benzene rings is 2. The third kappa shape index (κ3) is 2.79. The number of hydrogen-bond donors (Lipinski definition) is 0. The van der Waals surface area contributed by atoms with E-state index in [-0.39, 0.29) is 5.78 Å². The van der Waals surface area contributed by atoms with Gasteiger partial charge in [-0.15, -0.1) is 0 Å². The molecule has 0 fully saturated rings. The molecule has 0 bridgehead atoms. The highest BCUT2D eigenvalue weighted by atomic mass is 127. The van der Waals surface area contributed by atoms with Crippen LogP contribution in [0.2, 0.25) is 0 Å². The first-order valence-corrected chi connectivity index (χ1v) is 8.47. The number of carbonyl (C=O) groups excluding carboxylic acids is 1. The van der Waals surface area contributed by atoms with E-state index in [9.17, 15) is 4.79 Å². The lowest BCUT2D eigenvalue weighted by Crippen LogP contribution is -2.11. The molecule has 0 aliphatic carbocycles. The highest BCUT2D eigenvalue weighted by Gasteiger charge is 2.14. The summed E-state index contributed by atoms with van der Waals surface area (Å²) in [5.41, 5.74) is 2.92. The largest absolute Gasteiger partial charge is 0.336 e. The van der Waals surface area contributed by atoms with Crippen LogP contribution in [0.5, 0.6) is 0 Å². The number of ketones is 1. The van der Waals surface area contributed by atoms with Gasteiger partial charge in [0, 0.05) is 30.2 Å². The van der Waals surface area contributed by atoms with E-state index in [1.807, 2.05) is 49.4 Å². The Labute approximate surface area is 145 Å². The van der Waals surface area contributed by atoms with Crippen molar-refractivity contribution in [2.24, 2.45) is 0 Å². The Kier molecular flexibility index (Phi) is 4.17. The Bertz CT molecular complexity index is 821. The molecular formula is C17H13BrINO. The van der Waals surface area contributed by atoms with E-state index in [1.165, 1.54) is 0 Å². The minimum atomic E-state index is 0.128. The van der Waals surface area contributed by atoms with E-state index in [0.717, 1.165) is 30.2 Å². The highest BCUT2D eigenvalue weighted by Crippen LogP contribution is 2.30. The van der Waals surface area contributed by atoms with Gasteiger partial charge in [-0.05, 0) is 63.6 Å². The summed E-state index contributed by atoms with van der Waals surface area (Å²) in [6, 6.07) is 15.8. The maximum absolute atomic E-state index is 12.5. The van der Waals surface area contributed by atoms with E-state index < -0.39 is 0 Å². The molecule has 1 aromatic heterocycles. The van der Waals surface area contributed by atoms with E-state index in [1.54, 1.807) is 0 Å². The molecule has 0 unspecified atom stereocenters. The van der Waals surface area contributed by atoms with Gasteiger partial charge in [-0.2, -0.15) is 0 Å². The molecule has 0 N–H and O–H groups in total. The third-order valence-corrected chi connectivity index (χ3v) is 5.34. The zero-order chi connectivity index (χ0) is 15.0. The van der Waals surface area contributed by atoms with Crippen molar-refractivity contribution >= 4 is 55.2 Å². The average molecular weight is 454 g/mol. The quantitative estimate of drug-likeness (QED) is 0.394. The molecule has 0 amide bonds. The van der Waals surface area contributed by atoms with Crippen LogP contribution in [0.4, 0.5) is 0 Å².